The fraction of sp³-hybridized carbons (Fsp3) is 0.818. The lowest BCUT2D eigenvalue weighted by Crippen LogP contribution is -2.38. The maximum Gasteiger partial charge on any atom is 0.303 e. The lowest BCUT2D eigenvalue weighted by Gasteiger charge is -2.30. The lowest BCUT2D eigenvalue weighted by atomic mass is 9.95. The Labute approximate surface area is 100 Å². The van der Waals surface area contributed by atoms with E-state index in [1.165, 1.54) is 24.6 Å². The van der Waals surface area contributed by atoms with E-state index in [9.17, 15) is 9.59 Å². The fourth-order valence-electron chi connectivity index (χ4n) is 2.00. The van der Waals surface area contributed by atoms with Crippen LogP contribution in [0.2, 0.25) is 0 Å². The Morgan fingerprint density at radius 1 is 1.31 bits per heavy atom. The van der Waals surface area contributed by atoms with Crippen LogP contribution in [-0.4, -0.2) is 34.5 Å². The zero-order valence-electron chi connectivity index (χ0n) is 9.57. The maximum absolute atomic E-state index is 11.5. The third-order valence-corrected chi connectivity index (χ3v) is 4.23. The van der Waals surface area contributed by atoms with E-state index in [0.717, 1.165) is 12.8 Å². The van der Waals surface area contributed by atoms with E-state index in [1.54, 1.807) is 0 Å². The zero-order chi connectivity index (χ0) is 12.0. The van der Waals surface area contributed by atoms with Gasteiger partial charge in [0, 0.05) is 17.7 Å². The van der Waals surface area contributed by atoms with Gasteiger partial charge < -0.3 is 10.4 Å². The predicted octanol–water partition coefficient (Wildman–Crippen LogP) is 1.64. The molecule has 0 spiro atoms. The van der Waals surface area contributed by atoms with E-state index in [2.05, 4.69) is 5.32 Å². The molecule has 0 bridgehead atoms. The Kier molecular flexibility index (Phi) is 5.84. The number of hydrogen-bond acceptors (Lipinski definition) is 4. The van der Waals surface area contributed by atoms with Gasteiger partial charge in [-0.3, -0.25) is 9.59 Å². The predicted molar refractivity (Wildman–Crippen MR) is 64.6 cm³/mol. The standard InChI is InChI=1S/C11H19NO3S/c1-12-8-4-2-3-5-9(8)16-11(15)7-6-10(13)14/h8-9,12H,2-7H2,1H3,(H,13,14). The minimum atomic E-state index is -0.900. The molecule has 16 heavy (non-hydrogen) atoms. The quantitative estimate of drug-likeness (QED) is 0.771. The Morgan fingerprint density at radius 2 is 2.00 bits per heavy atom. The summed E-state index contributed by atoms with van der Waals surface area (Å²) in [7, 11) is 1.92. The van der Waals surface area contributed by atoms with Crippen LogP contribution in [-0.2, 0) is 9.59 Å². The number of carbonyl (C=O) groups is 2. The molecule has 2 atom stereocenters. The first kappa shape index (κ1) is 13.5. The number of rotatable bonds is 5. The van der Waals surface area contributed by atoms with Gasteiger partial charge in [-0.25, -0.2) is 0 Å². The molecule has 1 rings (SSSR count). The molecule has 0 amide bonds. The van der Waals surface area contributed by atoms with Crippen molar-refractivity contribution in [3.05, 3.63) is 0 Å². The first-order chi connectivity index (χ1) is 7.63. The third-order valence-electron chi connectivity index (χ3n) is 2.90. The molecule has 1 fully saturated rings. The van der Waals surface area contributed by atoms with Crippen molar-refractivity contribution in [2.45, 2.75) is 49.8 Å². The Bertz CT molecular complexity index is 258. The molecule has 2 N–H and O–H groups in total. The van der Waals surface area contributed by atoms with Crippen LogP contribution in [0.3, 0.4) is 0 Å². The van der Waals surface area contributed by atoms with Gasteiger partial charge in [-0.2, -0.15) is 0 Å². The maximum atomic E-state index is 11.5. The molecule has 0 aromatic rings. The second-order valence-electron chi connectivity index (χ2n) is 4.10. The van der Waals surface area contributed by atoms with E-state index in [4.69, 9.17) is 5.11 Å². The van der Waals surface area contributed by atoms with Gasteiger partial charge in [-0.15, -0.1) is 0 Å². The summed E-state index contributed by atoms with van der Waals surface area (Å²) in [5, 5.41) is 12.1. The summed E-state index contributed by atoms with van der Waals surface area (Å²) in [4.78, 5) is 21.9. The number of thioether (sulfide) groups is 1. The second kappa shape index (κ2) is 6.91. The summed E-state index contributed by atoms with van der Waals surface area (Å²) < 4.78 is 0. The highest BCUT2D eigenvalue weighted by Gasteiger charge is 2.26. The molecule has 0 heterocycles. The molecular formula is C11H19NO3S. The molecule has 1 aliphatic rings. The van der Waals surface area contributed by atoms with Crippen molar-refractivity contribution in [1.82, 2.24) is 5.32 Å². The summed E-state index contributed by atoms with van der Waals surface area (Å²) in [5.74, 6) is -0.900. The van der Waals surface area contributed by atoms with Crippen LogP contribution in [0.5, 0.6) is 0 Å². The molecule has 0 radical (unpaired) electrons. The van der Waals surface area contributed by atoms with E-state index in [1.807, 2.05) is 7.05 Å². The normalized spacial score (nSPS) is 25.3. The molecule has 0 saturated heterocycles. The minimum Gasteiger partial charge on any atom is -0.481 e. The number of carbonyl (C=O) groups excluding carboxylic acids is 1. The lowest BCUT2D eigenvalue weighted by molar-refractivity contribution is -0.137. The van der Waals surface area contributed by atoms with Crippen LogP contribution in [0.15, 0.2) is 0 Å². The second-order valence-corrected chi connectivity index (χ2v) is 5.40. The molecular weight excluding hydrogens is 226 g/mol. The SMILES string of the molecule is CNC1CCCCC1SC(=O)CCC(=O)O. The Morgan fingerprint density at radius 3 is 2.62 bits per heavy atom. The van der Waals surface area contributed by atoms with Gasteiger partial charge in [0.05, 0.1) is 6.42 Å². The highest BCUT2D eigenvalue weighted by molar-refractivity contribution is 8.14. The summed E-state index contributed by atoms with van der Waals surface area (Å²) >= 11 is 1.33. The van der Waals surface area contributed by atoms with Crippen LogP contribution in [0.4, 0.5) is 0 Å². The first-order valence-electron chi connectivity index (χ1n) is 5.72. The van der Waals surface area contributed by atoms with Crippen LogP contribution < -0.4 is 5.32 Å². The number of carboxylic acid groups (broad SMARTS) is 1. The third kappa shape index (κ3) is 4.53. The van der Waals surface area contributed by atoms with E-state index in [0.29, 0.717) is 11.3 Å². The molecule has 1 aliphatic carbocycles. The summed E-state index contributed by atoms with van der Waals surface area (Å²) in [6, 6.07) is 0.396. The first-order valence-corrected chi connectivity index (χ1v) is 6.60. The van der Waals surface area contributed by atoms with Gasteiger partial charge in [0.1, 0.15) is 0 Å². The minimum absolute atomic E-state index is 0.00884. The van der Waals surface area contributed by atoms with Crippen LogP contribution in [0, 0.1) is 0 Å². The fourth-order valence-corrected chi connectivity index (χ4v) is 3.28. The van der Waals surface area contributed by atoms with Crippen LogP contribution in [0.1, 0.15) is 38.5 Å². The van der Waals surface area contributed by atoms with Crippen molar-refractivity contribution in [3.63, 3.8) is 0 Å². The zero-order valence-corrected chi connectivity index (χ0v) is 10.4. The number of aliphatic carboxylic acids is 1. The van der Waals surface area contributed by atoms with E-state index in [-0.39, 0.29) is 18.0 Å². The monoisotopic (exact) mass is 245 g/mol. The van der Waals surface area contributed by atoms with Crippen LogP contribution in [0.25, 0.3) is 0 Å². The van der Waals surface area contributed by atoms with Crippen molar-refractivity contribution < 1.29 is 14.7 Å². The van der Waals surface area contributed by atoms with Crippen molar-refractivity contribution in [1.29, 1.82) is 0 Å². The van der Waals surface area contributed by atoms with Crippen molar-refractivity contribution in [2.75, 3.05) is 7.05 Å². The van der Waals surface area contributed by atoms with Gasteiger partial charge in [0.25, 0.3) is 0 Å². The largest absolute Gasteiger partial charge is 0.481 e. The molecule has 0 aliphatic heterocycles. The highest BCUT2D eigenvalue weighted by atomic mass is 32.2. The average Bonchev–Trinajstić information content (AvgIpc) is 2.27. The number of nitrogens with one attached hydrogen (secondary N) is 1. The molecule has 92 valence electrons. The van der Waals surface area contributed by atoms with E-state index >= 15 is 0 Å². The van der Waals surface area contributed by atoms with Gasteiger partial charge >= 0.3 is 5.97 Å². The summed E-state index contributed by atoms with van der Waals surface area (Å²) in [5.41, 5.74) is 0. The van der Waals surface area contributed by atoms with Gasteiger partial charge in [-0.05, 0) is 19.9 Å². The van der Waals surface area contributed by atoms with Gasteiger partial charge in [0.2, 0.25) is 0 Å². The summed E-state index contributed by atoms with van der Waals surface area (Å²) in [6.45, 7) is 0. The van der Waals surface area contributed by atoms with E-state index < -0.39 is 5.97 Å². The smallest absolute Gasteiger partial charge is 0.303 e. The molecule has 0 aromatic heterocycles. The van der Waals surface area contributed by atoms with Crippen molar-refractivity contribution >= 4 is 22.8 Å². The molecule has 2 unspecified atom stereocenters. The van der Waals surface area contributed by atoms with Gasteiger partial charge in [-0.1, -0.05) is 24.6 Å². The van der Waals surface area contributed by atoms with Crippen molar-refractivity contribution in [3.8, 4) is 0 Å². The summed E-state index contributed by atoms with van der Waals surface area (Å²) in [6.07, 6.45) is 4.64. The average molecular weight is 245 g/mol. The number of hydrogen-bond donors (Lipinski definition) is 2. The Hall–Kier alpha value is -0.550. The van der Waals surface area contributed by atoms with Crippen LogP contribution >= 0.6 is 11.8 Å². The topological polar surface area (TPSA) is 66.4 Å². The van der Waals surface area contributed by atoms with Gasteiger partial charge in [0.15, 0.2) is 5.12 Å². The molecule has 0 aromatic carbocycles. The van der Waals surface area contributed by atoms with Crippen molar-refractivity contribution in [2.24, 2.45) is 0 Å². The number of carboxylic acids is 1. The molecule has 1 saturated carbocycles. The highest BCUT2D eigenvalue weighted by Crippen LogP contribution is 2.29. The Balaban J connectivity index is 2.33. The molecule has 4 nitrogen and oxygen atoms in total. The molecule has 5 heteroatoms.